The van der Waals surface area contributed by atoms with Crippen LogP contribution >= 0.6 is 0 Å². The number of hydrogen-bond acceptors (Lipinski definition) is 4. The van der Waals surface area contributed by atoms with Crippen LogP contribution in [0, 0.1) is 11.8 Å². The molecule has 0 bridgehead atoms. The van der Waals surface area contributed by atoms with Crippen LogP contribution in [0.1, 0.15) is 69.9 Å². The molecule has 3 atom stereocenters. The second-order valence-corrected chi connectivity index (χ2v) is 10.2. The largest absolute Gasteiger partial charge is 0.457 e. The van der Waals surface area contributed by atoms with Gasteiger partial charge in [-0.15, -0.1) is 0 Å². The van der Waals surface area contributed by atoms with Crippen molar-refractivity contribution in [1.82, 2.24) is 4.90 Å². The first-order valence-electron chi connectivity index (χ1n) is 12.6. The molecule has 4 N–H and O–H groups in total. The summed E-state index contributed by atoms with van der Waals surface area (Å²) in [5.74, 6) is 1.07. The van der Waals surface area contributed by atoms with Crippen molar-refractivity contribution in [1.29, 1.82) is 0 Å². The molecule has 0 spiro atoms. The van der Waals surface area contributed by atoms with E-state index in [0.717, 1.165) is 55.6 Å². The maximum Gasteiger partial charge on any atom is 0.237 e. The van der Waals surface area contributed by atoms with Crippen LogP contribution in [-0.2, 0) is 9.59 Å². The average Bonchev–Trinajstić information content (AvgIpc) is 3.33. The van der Waals surface area contributed by atoms with E-state index in [9.17, 15) is 9.59 Å². The summed E-state index contributed by atoms with van der Waals surface area (Å²) in [6.07, 6.45) is 7.61. The molecule has 2 fully saturated rings. The number of nitrogens with two attached hydrogens (primary N) is 2. The number of nitrogens with zero attached hydrogens (tertiary/aromatic N) is 1. The summed E-state index contributed by atoms with van der Waals surface area (Å²) in [4.78, 5) is 28.0. The summed E-state index contributed by atoms with van der Waals surface area (Å²) in [5, 5.41) is 0. The van der Waals surface area contributed by atoms with Gasteiger partial charge in [0.05, 0.1) is 11.6 Å². The Morgan fingerprint density at radius 2 is 1.71 bits per heavy atom. The molecule has 1 unspecified atom stereocenters. The van der Waals surface area contributed by atoms with E-state index in [1.54, 1.807) is 6.92 Å². The lowest BCUT2D eigenvalue weighted by molar-refractivity contribution is -0.140. The number of ether oxygens (including phenoxy) is 1. The van der Waals surface area contributed by atoms with Crippen LogP contribution in [0.2, 0.25) is 0 Å². The van der Waals surface area contributed by atoms with Crippen LogP contribution in [0.15, 0.2) is 54.6 Å². The fourth-order valence-electron chi connectivity index (χ4n) is 5.55. The van der Waals surface area contributed by atoms with Crippen LogP contribution in [0.4, 0.5) is 0 Å². The lowest BCUT2D eigenvalue weighted by Gasteiger charge is -2.37. The van der Waals surface area contributed by atoms with Crippen molar-refractivity contribution in [3.8, 4) is 11.5 Å². The number of hydrogen-bond donors (Lipinski definition) is 2. The normalized spacial score (nSPS) is 21.6. The third-order valence-corrected chi connectivity index (χ3v) is 7.50. The Hall–Kier alpha value is -2.86. The van der Waals surface area contributed by atoms with Gasteiger partial charge in [-0.05, 0) is 74.8 Å². The van der Waals surface area contributed by atoms with E-state index in [1.165, 1.54) is 6.42 Å². The number of primary amides is 1. The third-order valence-electron chi connectivity index (χ3n) is 7.50. The summed E-state index contributed by atoms with van der Waals surface area (Å²) >= 11 is 0. The van der Waals surface area contributed by atoms with Gasteiger partial charge in [-0.25, -0.2) is 0 Å². The van der Waals surface area contributed by atoms with E-state index in [1.807, 2.05) is 53.4 Å². The maximum absolute atomic E-state index is 14.0. The summed E-state index contributed by atoms with van der Waals surface area (Å²) in [5.41, 5.74) is 11.8. The molecule has 1 aliphatic heterocycles. The van der Waals surface area contributed by atoms with Gasteiger partial charge in [-0.3, -0.25) is 9.59 Å². The van der Waals surface area contributed by atoms with Crippen molar-refractivity contribution in [2.45, 2.75) is 69.9 Å². The molecule has 6 nitrogen and oxygen atoms in total. The van der Waals surface area contributed by atoms with Gasteiger partial charge >= 0.3 is 0 Å². The Labute approximate surface area is 202 Å². The smallest absolute Gasteiger partial charge is 0.237 e. The molecule has 182 valence electrons. The van der Waals surface area contributed by atoms with Gasteiger partial charge in [-0.1, -0.05) is 49.6 Å². The predicted octanol–water partition coefficient (Wildman–Crippen LogP) is 4.93. The van der Waals surface area contributed by atoms with E-state index in [2.05, 4.69) is 6.07 Å². The maximum atomic E-state index is 14.0. The summed E-state index contributed by atoms with van der Waals surface area (Å²) in [6, 6.07) is 17.7. The minimum atomic E-state index is -1.20. The second-order valence-electron chi connectivity index (χ2n) is 10.2. The molecule has 2 amide bonds. The molecule has 0 radical (unpaired) electrons. The minimum absolute atomic E-state index is 0.00415. The van der Waals surface area contributed by atoms with Gasteiger partial charge in [0.1, 0.15) is 11.5 Å². The van der Waals surface area contributed by atoms with Crippen molar-refractivity contribution in [3.63, 3.8) is 0 Å². The van der Waals surface area contributed by atoms with Crippen LogP contribution in [0.5, 0.6) is 11.5 Å². The fraction of sp³-hybridized carbons (Fsp3) is 0.500. The molecule has 1 saturated heterocycles. The van der Waals surface area contributed by atoms with Crippen LogP contribution in [0.3, 0.4) is 0 Å². The average molecular weight is 464 g/mol. The molecule has 1 saturated carbocycles. The first-order chi connectivity index (χ1) is 16.3. The number of amides is 2. The number of carbonyl (C=O) groups is 2. The minimum Gasteiger partial charge on any atom is -0.457 e. The standard InChI is InChI=1S/C28H37N3O3/c1-28(30,27(29)33)19-24(20-10-4-2-5-11-20)26(32)31-17-9-16-25(31)21-12-8-15-23(18-21)34-22-13-6-3-7-14-22/h3,6-8,12-15,18,20,24-25H,2,4-5,9-11,16-17,19,30H2,1H3,(H2,29,33)/t24-,25+,28?/m0/s1. The van der Waals surface area contributed by atoms with Crippen LogP contribution in [0.25, 0.3) is 0 Å². The van der Waals surface area contributed by atoms with Gasteiger partial charge in [0.15, 0.2) is 0 Å². The number of likely N-dealkylation sites (tertiary alicyclic amines) is 1. The lowest BCUT2D eigenvalue weighted by Crippen LogP contribution is -2.53. The molecule has 6 heteroatoms. The van der Waals surface area contributed by atoms with Gasteiger partial charge in [0.25, 0.3) is 0 Å². The summed E-state index contributed by atoms with van der Waals surface area (Å²) < 4.78 is 6.04. The molecule has 2 aromatic rings. The van der Waals surface area contributed by atoms with E-state index < -0.39 is 11.4 Å². The van der Waals surface area contributed by atoms with E-state index in [0.29, 0.717) is 13.0 Å². The molecule has 0 aromatic heterocycles. The quantitative estimate of drug-likeness (QED) is 0.580. The van der Waals surface area contributed by atoms with Gasteiger partial charge in [0, 0.05) is 12.5 Å². The van der Waals surface area contributed by atoms with E-state index >= 15 is 0 Å². The Balaban J connectivity index is 1.56. The molecule has 34 heavy (non-hydrogen) atoms. The molecule has 1 aliphatic carbocycles. The van der Waals surface area contributed by atoms with Crippen molar-refractivity contribution in [2.24, 2.45) is 23.3 Å². The van der Waals surface area contributed by atoms with Crippen molar-refractivity contribution < 1.29 is 14.3 Å². The molecular formula is C28H37N3O3. The first-order valence-corrected chi connectivity index (χ1v) is 12.6. The van der Waals surface area contributed by atoms with Crippen LogP contribution in [-0.4, -0.2) is 28.8 Å². The molecular weight excluding hydrogens is 426 g/mol. The summed E-state index contributed by atoms with van der Waals surface area (Å²) in [7, 11) is 0. The highest BCUT2D eigenvalue weighted by atomic mass is 16.5. The molecule has 2 aliphatic rings. The lowest BCUT2D eigenvalue weighted by atomic mass is 9.74. The van der Waals surface area contributed by atoms with Crippen molar-refractivity contribution in [2.75, 3.05) is 6.54 Å². The van der Waals surface area contributed by atoms with E-state index in [4.69, 9.17) is 16.2 Å². The number of para-hydroxylation sites is 1. The Kier molecular flexibility index (Phi) is 7.57. The Morgan fingerprint density at radius 3 is 2.41 bits per heavy atom. The molecule has 4 rings (SSSR count). The monoisotopic (exact) mass is 463 g/mol. The Morgan fingerprint density at radius 1 is 1.00 bits per heavy atom. The van der Waals surface area contributed by atoms with Crippen LogP contribution < -0.4 is 16.2 Å². The van der Waals surface area contributed by atoms with Gasteiger partial charge in [0.2, 0.25) is 11.8 Å². The first kappa shape index (κ1) is 24.3. The van der Waals surface area contributed by atoms with E-state index in [-0.39, 0.29) is 23.8 Å². The molecule has 1 heterocycles. The van der Waals surface area contributed by atoms with Gasteiger partial charge < -0.3 is 21.1 Å². The highest BCUT2D eigenvalue weighted by Crippen LogP contribution is 2.40. The number of rotatable bonds is 8. The zero-order valence-electron chi connectivity index (χ0n) is 20.1. The molecule has 2 aromatic carbocycles. The van der Waals surface area contributed by atoms with Crippen molar-refractivity contribution >= 4 is 11.8 Å². The highest BCUT2D eigenvalue weighted by Gasteiger charge is 2.42. The zero-order valence-corrected chi connectivity index (χ0v) is 20.1. The second kappa shape index (κ2) is 10.6. The summed E-state index contributed by atoms with van der Waals surface area (Å²) in [6.45, 7) is 2.37. The highest BCUT2D eigenvalue weighted by molar-refractivity contribution is 5.86. The number of benzene rings is 2. The topological polar surface area (TPSA) is 98.7 Å². The zero-order chi connectivity index (χ0) is 24.1. The van der Waals surface area contributed by atoms with Crippen molar-refractivity contribution in [3.05, 3.63) is 60.2 Å². The number of carbonyl (C=O) groups excluding carboxylic acids is 2. The predicted molar refractivity (Wildman–Crippen MR) is 133 cm³/mol. The SMILES string of the molecule is CC(N)(C[C@H](C(=O)N1CCC[C@@H]1c1cccc(Oc2ccccc2)c1)C1CCCCC1)C(N)=O. The fourth-order valence-corrected chi connectivity index (χ4v) is 5.55. The van der Waals surface area contributed by atoms with Gasteiger partial charge in [-0.2, -0.15) is 0 Å². The third kappa shape index (κ3) is 5.61. The Bertz CT molecular complexity index is 985.